The summed E-state index contributed by atoms with van der Waals surface area (Å²) in [6.45, 7) is 0. The molecular formula is C6H6INS. The van der Waals surface area contributed by atoms with E-state index in [1.165, 1.54) is 0 Å². The van der Waals surface area contributed by atoms with Crippen LogP contribution in [0.15, 0.2) is 29.2 Å². The second-order valence-electron chi connectivity index (χ2n) is 1.61. The van der Waals surface area contributed by atoms with Crippen molar-refractivity contribution in [2.75, 3.05) is 3.53 Å². The van der Waals surface area contributed by atoms with E-state index in [1.54, 1.807) is 0 Å². The summed E-state index contributed by atoms with van der Waals surface area (Å²) in [6.07, 6.45) is 0. The highest BCUT2D eigenvalue weighted by molar-refractivity contribution is 14.1. The molecular weight excluding hydrogens is 245 g/mol. The molecule has 0 unspecified atom stereocenters. The third kappa shape index (κ3) is 1.76. The molecule has 3 heteroatoms. The van der Waals surface area contributed by atoms with Crippen LogP contribution < -0.4 is 3.53 Å². The Bertz CT molecular complexity index is 202. The molecule has 48 valence electrons. The van der Waals surface area contributed by atoms with Crippen LogP contribution in [-0.2, 0) is 0 Å². The van der Waals surface area contributed by atoms with Gasteiger partial charge in [0.1, 0.15) is 0 Å². The molecule has 0 saturated heterocycles. The summed E-state index contributed by atoms with van der Waals surface area (Å²) < 4.78 is 2.99. The summed E-state index contributed by atoms with van der Waals surface area (Å²) in [7, 11) is 0. The van der Waals surface area contributed by atoms with Gasteiger partial charge in [-0.3, -0.25) is 0 Å². The summed E-state index contributed by atoms with van der Waals surface area (Å²) in [5.74, 6) is 0. The lowest BCUT2D eigenvalue weighted by Gasteiger charge is -1.98. The van der Waals surface area contributed by atoms with E-state index in [0.717, 1.165) is 10.6 Å². The summed E-state index contributed by atoms with van der Waals surface area (Å²) in [4.78, 5) is 0.979. The molecule has 0 heterocycles. The summed E-state index contributed by atoms with van der Waals surface area (Å²) in [6, 6.07) is 7.86. The Hall–Kier alpha value is 0.1000. The lowest BCUT2D eigenvalue weighted by Crippen LogP contribution is -1.78. The smallest absolute Gasteiger partial charge is 0.0562 e. The first-order valence-corrected chi connectivity index (χ1v) is 4.02. The Morgan fingerprint density at radius 2 is 2.00 bits per heavy atom. The van der Waals surface area contributed by atoms with Crippen LogP contribution in [0, 0.1) is 0 Å². The third-order valence-electron chi connectivity index (χ3n) is 1.01. The first-order chi connectivity index (χ1) is 4.34. The number of benzene rings is 1. The minimum Gasteiger partial charge on any atom is -0.327 e. The molecule has 1 aromatic carbocycles. The maximum atomic E-state index is 4.21. The van der Waals surface area contributed by atoms with Gasteiger partial charge in [0, 0.05) is 4.90 Å². The fraction of sp³-hybridized carbons (Fsp3) is 0. The van der Waals surface area contributed by atoms with E-state index in [-0.39, 0.29) is 0 Å². The van der Waals surface area contributed by atoms with Crippen molar-refractivity contribution in [3.63, 3.8) is 0 Å². The molecule has 0 atom stereocenters. The van der Waals surface area contributed by atoms with Gasteiger partial charge in [0.25, 0.3) is 0 Å². The third-order valence-corrected chi connectivity index (χ3v) is 1.98. The molecule has 1 N–H and O–H groups in total. The summed E-state index contributed by atoms with van der Waals surface area (Å²) in [5, 5.41) is 0. The first-order valence-electron chi connectivity index (χ1n) is 2.49. The van der Waals surface area contributed by atoms with E-state index in [2.05, 4.69) is 39.0 Å². The minimum atomic E-state index is 0.979. The Morgan fingerprint density at radius 3 is 2.44 bits per heavy atom. The van der Waals surface area contributed by atoms with Gasteiger partial charge in [-0.15, -0.1) is 12.6 Å². The average molecular weight is 251 g/mol. The van der Waals surface area contributed by atoms with Crippen molar-refractivity contribution in [2.24, 2.45) is 0 Å². The van der Waals surface area contributed by atoms with Crippen molar-refractivity contribution in [1.82, 2.24) is 0 Å². The van der Waals surface area contributed by atoms with Crippen molar-refractivity contribution < 1.29 is 0 Å². The van der Waals surface area contributed by atoms with E-state index in [0.29, 0.717) is 0 Å². The van der Waals surface area contributed by atoms with Gasteiger partial charge in [0.15, 0.2) is 0 Å². The quantitative estimate of drug-likeness (QED) is 0.444. The largest absolute Gasteiger partial charge is 0.327 e. The molecule has 0 aliphatic rings. The molecule has 0 spiro atoms. The number of hydrogen-bond donors (Lipinski definition) is 2. The molecule has 0 aliphatic heterocycles. The van der Waals surface area contributed by atoms with Crippen molar-refractivity contribution >= 4 is 41.2 Å². The number of hydrogen-bond acceptors (Lipinski definition) is 2. The van der Waals surface area contributed by atoms with E-state index >= 15 is 0 Å². The monoisotopic (exact) mass is 251 g/mol. The molecule has 0 aliphatic carbocycles. The van der Waals surface area contributed by atoms with Crippen LogP contribution in [0.1, 0.15) is 0 Å². The summed E-state index contributed by atoms with van der Waals surface area (Å²) >= 11 is 6.29. The fourth-order valence-electron chi connectivity index (χ4n) is 0.554. The van der Waals surface area contributed by atoms with Crippen molar-refractivity contribution in [3.05, 3.63) is 24.3 Å². The molecule has 9 heavy (non-hydrogen) atoms. The van der Waals surface area contributed by atoms with Crippen molar-refractivity contribution in [2.45, 2.75) is 4.90 Å². The molecule has 0 amide bonds. The number of thiol groups is 1. The van der Waals surface area contributed by atoms with Crippen LogP contribution >= 0.6 is 35.5 Å². The maximum Gasteiger partial charge on any atom is 0.0562 e. The topological polar surface area (TPSA) is 12.0 Å². The van der Waals surface area contributed by atoms with Gasteiger partial charge in [-0.2, -0.15) is 0 Å². The number of anilines is 1. The van der Waals surface area contributed by atoms with Crippen LogP contribution in [0.5, 0.6) is 0 Å². The second-order valence-corrected chi connectivity index (χ2v) is 2.63. The van der Waals surface area contributed by atoms with Crippen LogP contribution in [0.25, 0.3) is 0 Å². The standard InChI is InChI=1S/C6H6INS/c7-8-5-3-1-2-4-6(5)9/h1-4,8-9H. The minimum absolute atomic E-state index is 0.979. The zero-order chi connectivity index (χ0) is 6.69. The molecule has 0 saturated carbocycles. The molecule has 0 bridgehead atoms. The van der Waals surface area contributed by atoms with Gasteiger partial charge in [-0.05, 0) is 12.1 Å². The Labute approximate surface area is 73.8 Å². The van der Waals surface area contributed by atoms with Gasteiger partial charge in [-0.1, -0.05) is 12.1 Å². The highest BCUT2D eigenvalue weighted by atomic mass is 127. The van der Waals surface area contributed by atoms with Crippen molar-refractivity contribution in [3.8, 4) is 0 Å². The van der Waals surface area contributed by atoms with Gasteiger partial charge < -0.3 is 3.53 Å². The van der Waals surface area contributed by atoms with Gasteiger partial charge >= 0.3 is 0 Å². The van der Waals surface area contributed by atoms with E-state index in [4.69, 9.17) is 0 Å². The molecule has 0 radical (unpaired) electrons. The maximum absolute atomic E-state index is 4.21. The summed E-state index contributed by atoms with van der Waals surface area (Å²) in [5.41, 5.74) is 1.06. The highest BCUT2D eigenvalue weighted by Crippen LogP contribution is 2.19. The van der Waals surface area contributed by atoms with E-state index < -0.39 is 0 Å². The van der Waals surface area contributed by atoms with Crippen LogP contribution in [-0.4, -0.2) is 0 Å². The van der Waals surface area contributed by atoms with Gasteiger partial charge in [0.05, 0.1) is 28.6 Å². The van der Waals surface area contributed by atoms with E-state index in [9.17, 15) is 0 Å². The Balaban J connectivity index is 3.01. The van der Waals surface area contributed by atoms with Crippen molar-refractivity contribution in [1.29, 1.82) is 0 Å². The predicted molar refractivity (Wildman–Crippen MR) is 51.3 cm³/mol. The van der Waals surface area contributed by atoms with Gasteiger partial charge in [-0.25, -0.2) is 0 Å². The fourth-order valence-corrected chi connectivity index (χ4v) is 1.45. The predicted octanol–water partition coefficient (Wildman–Crippen LogP) is 2.74. The van der Waals surface area contributed by atoms with Gasteiger partial charge in [0.2, 0.25) is 0 Å². The Kier molecular flexibility index (Phi) is 2.65. The molecule has 1 nitrogen and oxygen atoms in total. The van der Waals surface area contributed by atoms with E-state index in [1.807, 2.05) is 24.3 Å². The number of nitrogens with one attached hydrogen (secondary N) is 1. The SMILES string of the molecule is Sc1ccccc1NI. The number of para-hydroxylation sites is 1. The lowest BCUT2D eigenvalue weighted by atomic mass is 10.3. The van der Waals surface area contributed by atoms with Crippen LogP contribution in [0.3, 0.4) is 0 Å². The normalized spacial score (nSPS) is 9.11. The molecule has 0 fully saturated rings. The average Bonchev–Trinajstić information content (AvgIpc) is 1.89. The second kappa shape index (κ2) is 3.31. The Morgan fingerprint density at radius 1 is 1.33 bits per heavy atom. The lowest BCUT2D eigenvalue weighted by molar-refractivity contribution is 1.48. The molecule has 1 rings (SSSR count). The zero-order valence-corrected chi connectivity index (χ0v) is 7.69. The first kappa shape index (κ1) is 7.21. The number of rotatable bonds is 1. The zero-order valence-electron chi connectivity index (χ0n) is 4.63. The highest BCUT2D eigenvalue weighted by Gasteiger charge is 1.90. The molecule has 0 aromatic heterocycles. The van der Waals surface area contributed by atoms with Crippen LogP contribution in [0.4, 0.5) is 5.69 Å². The number of halogens is 1. The molecule has 1 aromatic rings. The van der Waals surface area contributed by atoms with Crippen LogP contribution in [0.2, 0.25) is 0 Å².